The maximum Gasteiger partial charge on any atom is 0.411 e. The molecule has 1 amide bonds. The highest BCUT2D eigenvalue weighted by Gasteiger charge is 2.16. The number of nitrogens with zero attached hydrogens (tertiary/aromatic N) is 1. The Morgan fingerprint density at radius 2 is 2.29 bits per heavy atom. The largest absolute Gasteiger partial charge is 0.480 e. The molecule has 1 N–H and O–H groups in total. The van der Waals surface area contributed by atoms with Crippen LogP contribution < -0.4 is 0 Å². The number of carbonyl (C=O) groups is 2. The van der Waals surface area contributed by atoms with Crippen molar-refractivity contribution < 1.29 is 19.4 Å². The molecule has 0 heterocycles. The fraction of sp³-hybridized carbons (Fsp3) is 0.333. The normalized spacial score (nSPS) is 8.50. The molecule has 0 radical (unpaired) electrons. The number of hydrogen-bond donors (Lipinski definition) is 1. The third-order valence-corrected chi connectivity index (χ3v) is 1.19. The Morgan fingerprint density at radius 1 is 1.64 bits per heavy atom. The van der Waals surface area contributed by atoms with E-state index < -0.39 is 18.6 Å². The van der Waals surface area contributed by atoms with Crippen molar-refractivity contribution in [3.8, 4) is 12.3 Å². The van der Waals surface area contributed by atoms with Crippen molar-refractivity contribution in [1.82, 2.24) is 4.90 Å². The van der Waals surface area contributed by atoms with Crippen molar-refractivity contribution in [2.45, 2.75) is 0 Å². The summed E-state index contributed by atoms with van der Waals surface area (Å²) in [5.41, 5.74) is 0. The van der Waals surface area contributed by atoms with Crippen molar-refractivity contribution in [2.24, 2.45) is 0 Å². The molecule has 0 aliphatic heterocycles. The second-order valence-corrected chi connectivity index (χ2v) is 2.32. The first-order valence-electron chi connectivity index (χ1n) is 3.79. The molecule has 0 fully saturated rings. The van der Waals surface area contributed by atoms with Gasteiger partial charge < -0.3 is 9.84 Å². The third kappa shape index (κ3) is 4.83. The summed E-state index contributed by atoms with van der Waals surface area (Å²) in [5, 5.41) is 8.45. The number of terminal acetylenes is 1. The summed E-state index contributed by atoms with van der Waals surface area (Å²) in [6, 6.07) is 0. The SMILES string of the molecule is C#CCN(CC(=O)O)C(=O)OCC=C. The Hall–Kier alpha value is -1.96. The summed E-state index contributed by atoms with van der Waals surface area (Å²) in [6.07, 6.45) is 5.58. The first-order chi connectivity index (χ1) is 6.61. The van der Waals surface area contributed by atoms with Crippen LogP contribution in [0.1, 0.15) is 0 Å². The quantitative estimate of drug-likeness (QED) is 0.509. The minimum atomic E-state index is -1.14. The predicted octanol–water partition coefficient (Wildman–Crippen LogP) is 0.329. The van der Waals surface area contributed by atoms with Gasteiger partial charge in [-0.2, -0.15) is 0 Å². The van der Waals surface area contributed by atoms with E-state index in [-0.39, 0.29) is 13.2 Å². The molecule has 0 aromatic heterocycles. The summed E-state index contributed by atoms with van der Waals surface area (Å²) in [6.45, 7) is 2.81. The molecule has 0 aliphatic rings. The molecule has 0 aromatic rings. The fourth-order valence-electron chi connectivity index (χ4n) is 0.680. The van der Waals surface area contributed by atoms with E-state index >= 15 is 0 Å². The summed E-state index contributed by atoms with van der Waals surface area (Å²) in [5.74, 6) is 1.02. The van der Waals surface area contributed by atoms with Gasteiger partial charge in [-0.05, 0) is 0 Å². The summed E-state index contributed by atoms with van der Waals surface area (Å²) in [7, 11) is 0. The van der Waals surface area contributed by atoms with Crippen molar-refractivity contribution in [2.75, 3.05) is 19.7 Å². The zero-order chi connectivity index (χ0) is 11.0. The highest BCUT2D eigenvalue weighted by molar-refractivity contribution is 5.76. The molecular weight excluding hydrogens is 186 g/mol. The van der Waals surface area contributed by atoms with E-state index in [1.54, 1.807) is 0 Å². The number of ether oxygens (including phenoxy) is 1. The average molecular weight is 197 g/mol. The van der Waals surface area contributed by atoms with Crippen LogP contribution in [0.25, 0.3) is 0 Å². The molecule has 76 valence electrons. The fourth-order valence-corrected chi connectivity index (χ4v) is 0.680. The predicted molar refractivity (Wildman–Crippen MR) is 49.6 cm³/mol. The van der Waals surface area contributed by atoms with Crippen LogP contribution in [0.5, 0.6) is 0 Å². The first kappa shape index (κ1) is 12.0. The van der Waals surface area contributed by atoms with E-state index in [2.05, 4.69) is 17.2 Å². The van der Waals surface area contributed by atoms with E-state index in [9.17, 15) is 9.59 Å². The number of carboxylic acids is 1. The molecule has 0 aromatic carbocycles. The van der Waals surface area contributed by atoms with Crippen LogP contribution in [0.4, 0.5) is 4.79 Å². The van der Waals surface area contributed by atoms with Crippen LogP contribution in [-0.2, 0) is 9.53 Å². The van der Waals surface area contributed by atoms with Gasteiger partial charge in [-0.3, -0.25) is 9.69 Å². The summed E-state index contributed by atoms with van der Waals surface area (Å²) < 4.78 is 4.62. The van der Waals surface area contributed by atoms with Gasteiger partial charge in [0.2, 0.25) is 0 Å². The summed E-state index contributed by atoms with van der Waals surface area (Å²) >= 11 is 0. The second kappa shape index (κ2) is 6.54. The number of amides is 1. The number of carbonyl (C=O) groups excluding carboxylic acids is 1. The lowest BCUT2D eigenvalue weighted by molar-refractivity contribution is -0.137. The van der Waals surface area contributed by atoms with E-state index in [0.29, 0.717) is 0 Å². The Kier molecular flexibility index (Phi) is 5.63. The van der Waals surface area contributed by atoms with Crippen molar-refractivity contribution in [1.29, 1.82) is 0 Å². The molecule has 0 rings (SSSR count). The molecule has 5 nitrogen and oxygen atoms in total. The van der Waals surface area contributed by atoms with Crippen LogP contribution in [-0.4, -0.2) is 41.8 Å². The van der Waals surface area contributed by atoms with Crippen molar-refractivity contribution in [3.05, 3.63) is 12.7 Å². The Morgan fingerprint density at radius 3 is 2.71 bits per heavy atom. The minimum Gasteiger partial charge on any atom is -0.480 e. The van der Waals surface area contributed by atoms with Gasteiger partial charge in [0.05, 0.1) is 6.54 Å². The molecule has 14 heavy (non-hydrogen) atoms. The van der Waals surface area contributed by atoms with Crippen LogP contribution in [0.3, 0.4) is 0 Å². The van der Waals surface area contributed by atoms with Crippen LogP contribution in [0, 0.1) is 12.3 Å². The zero-order valence-electron chi connectivity index (χ0n) is 7.60. The summed E-state index contributed by atoms with van der Waals surface area (Å²) in [4.78, 5) is 22.4. The lowest BCUT2D eigenvalue weighted by Gasteiger charge is -2.16. The maximum absolute atomic E-state index is 11.1. The molecule has 0 saturated carbocycles. The van der Waals surface area contributed by atoms with Gasteiger partial charge >= 0.3 is 12.1 Å². The first-order valence-corrected chi connectivity index (χ1v) is 3.79. The average Bonchev–Trinajstić information content (AvgIpc) is 2.13. The minimum absolute atomic E-state index is 0.0273. The Balaban J connectivity index is 4.18. The van der Waals surface area contributed by atoms with E-state index in [1.807, 2.05) is 0 Å². The number of rotatable bonds is 5. The Bertz CT molecular complexity index is 266. The van der Waals surface area contributed by atoms with Crippen LogP contribution in [0.2, 0.25) is 0 Å². The third-order valence-electron chi connectivity index (χ3n) is 1.19. The van der Waals surface area contributed by atoms with Gasteiger partial charge in [-0.15, -0.1) is 6.42 Å². The molecule has 0 spiro atoms. The van der Waals surface area contributed by atoms with Crippen LogP contribution in [0.15, 0.2) is 12.7 Å². The van der Waals surface area contributed by atoms with Gasteiger partial charge in [-0.1, -0.05) is 18.6 Å². The van der Waals surface area contributed by atoms with Crippen molar-refractivity contribution >= 4 is 12.1 Å². The maximum atomic E-state index is 11.1. The topological polar surface area (TPSA) is 66.8 Å². The van der Waals surface area contributed by atoms with Crippen LogP contribution >= 0.6 is 0 Å². The van der Waals surface area contributed by atoms with Gasteiger partial charge in [-0.25, -0.2) is 4.79 Å². The van der Waals surface area contributed by atoms with Gasteiger partial charge in [0.1, 0.15) is 13.2 Å². The lowest BCUT2D eigenvalue weighted by atomic mass is 10.5. The van der Waals surface area contributed by atoms with Gasteiger partial charge in [0, 0.05) is 0 Å². The van der Waals surface area contributed by atoms with E-state index in [1.165, 1.54) is 6.08 Å². The van der Waals surface area contributed by atoms with E-state index in [0.717, 1.165) is 4.90 Å². The molecule has 0 saturated heterocycles. The zero-order valence-corrected chi connectivity index (χ0v) is 7.60. The van der Waals surface area contributed by atoms with E-state index in [4.69, 9.17) is 11.5 Å². The smallest absolute Gasteiger partial charge is 0.411 e. The molecule has 0 atom stereocenters. The second-order valence-electron chi connectivity index (χ2n) is 2.32. The molecule has 0 bridgehead atoms. The monoisotopic (exact) mass is 197 g/mol. The van der Waals surface area contributed by atoms with Gasteiger partial charge in [0.15, 0.2) is 0 Å². The highest BCUT2D eigenvalue weighted by Crippen LogP contribution is 1.93. The highest BCUT2D eigenvalue weighted by atomic mass is 16.6. The lowest BCUT2D eigenvalue weighted by Crippen LogP contribution is -2.36. The molecule has 5 heteroatoms. The molecule has 0 aliphatic carbocycles. The molecular formula is C9H11NO4. The number of aliphatic carboxylic acids is 1. The number of carboxylic acid groups (broad SMARTS) is 1. The Labute approximate surface area is 82.0 Å². The number of hydrogen-bond acceptors (Lipinski definition) is 3. The van der Waals surface area contributed by atoms with Crippen molar-refractivity contribution in [3.63, 3.8) is 0 Å². The molecule has 0 unspecified atom stereocenters. The van der Waals surface area contributed by atoms with Gasteiger partial charge in [0.25, 0.3) is 0 Å². The standard InChI is InChI=1S/C9H11NO4/c1-3-5-10(7-8(11)12)9(13)14-6-4-2/h1,4H,2,5-7H2,(H,11,12).